The summed E-state index contributed by atoms with van der Waals surface area (Å²) < 4.78 is 0. The van der Waals surface area contributed by atoms with E-state index in [0.29, 0.717) is 5.04 Å². The third-order valence-electron chi connectivity index (χ3n) is 0.905. The molecule has 0 aliphatic rings. The molecular weight excluding hydrogens is 112 g/mol. The van der Waals surface area contributed by atoms with Gasteiger partial charge in [0.1, 0.15) is 0 Å². The van der Waals surface area contributed by atoms with E-state index in [9.17, 15) is 0 Å². The molecule has 0 rings (SSSR count). The van der Waals surface area contributed by atoms with Gasteiger partial charge in [0, 0.05) is 9.52 Å². The van der Waals surface area contributed by atoms with Crippen LogP contribution in [0.25, 0.3) is 0 Å². The fourth-order valence-electron chi connectivity index (χ4n) is 0.500. The highest BCUT2D eigenvalue weighted by Crippen LogP contribution is 2.21. The van der Waals surface area contributed by atoms with Crippen molar-refractivity contribution in [2.24, 2.45) is 0 Å². The predicted octanol–water partition coefficient (Wildman–Crippen LogP) is 2.74. The minimum Gasteiger partial charge on any atom is -0.0657 e. The van der Waals surface area contributed by atoms with Gasteiger partial charge in [-0.1, -0.05) is 40.2 Å². The van der Waals surface area contributed by atoms with Crippen molar-refractivity contribution in [3.63, 3.8) is 0 Å². The Morgan fingerprint density at radius 2 is 1.75 bits per heavy atom. The largest absolute Gasteiger partial charge is 0.0657 e. The van der Waals surface area contributed by atoms with Crippen molar-refractivity contribution in [2.75, 3.05) is 0 Å². The van der Waals surface area contributed by atoms with E-state index in [4.69, 9.17) is 0 Å². The summed E-state index contributed by atoms with van der Waals surface area (Å²) in [6.45, 7) is 9.17. The number of rotatable bonds is 2. The Morgan fingerprint density at radius 3 is 1.88 bits per heavy atom. The van der Waals surface area contributed by atoms with Crippen LogP contribution in [-0.4, -0.2) is 9.52 Å². The molecule has 0 bridgehead atoms. The van der Waals surface area contributed by atoms with Crippen molar-refractivity contribution in [3.05, 3.63) is 0 Å². The summed E-state index contributed by atoms with van der Waals surface area (Å²) >= 11 is 0. The summed E-state index contributed by atoms with van der Waals surface area (Å²) in [5.74, 6) is 0. The Bertz CT molecular complexity index is 51.9. The first-order valence-electron chi connectivity index (χ1n) is 3.31. The van der Waals surface area contributed by atoms with Gasteiger partial charge in [-0.2, -0.15) is 0 Å². The average molecular weight is 128 g/mol. The molecule has 0 spiro atoms. The maximum absolute atomic E-state index is 2.31. The SMILES string of the molecule is CCC[Si]C(C)(C)C. The second-order valence-corrected chi connectivity index (χ2v) is 5.53. The lowest BCUT2D eigenvalue weighted by molar-refractivity contribution is 0.745. The van der Waals surface area contributed by atoms with Gasteiger partial charge in [-0.05, 0) is 5.04 Å². The minimum atomic E-state index is 0.579. The fourth-order valence-corrected chi connectivity index (χ4v) is 1.50. The van der Waals surface area contributed by atoms with Gasteiger partial charge in [0.15, 0.2) is 0 Å². The molecule has 1 heteroatoms. The van der Waals surface area contributed by atoms with E-state index in [1.54, 1.807) is 0 Å². The van der Waals surface area contributed by atoms with E-state index in [-0.39, 0.29) is 0 Å². The molecule has 0 aliphatic carbocycles. The van der Waals surface area contributed by atoms with Crippen molar-refractivity contribution in [3.8, 4) is 0 Å². The van der Waals surface area contributed by atoms with Gasteiger partial charge in [-0.3, -0.25) is 0 Å². The summed E-state index contributed by atoms with van der Waals surface area (Å²) in [5, 5.41) is 0.579. The highest BCUT2D eigenvalue weighted by molar-refractivity contribution is 6.39. The average Bonchev–Trinajstić information content (AvgIpc) is 1.59. The molecule has 2 radical (unpaired) electrons. The van der Waals surface area contributed by atoms with Crippen LogP contribution in [0.2, 0.25) is 11.1 Å². The van der Waals surface area contributed by atoms with Crippen LogP contribution in [0.1, 0.15) is 34.1 Å². The molecular formula is C7H16Si. The van der Waals surface area contributed by atoms with E-state index >= 15 is 0 Å². The van der Waals surface area contributed by atoms with E-state index in [2.05, 4.69) is 27.7 Å². The summed E-state index contributed by atoms with van der Waals surface area (Å²) in [7, 11) is 1.14. The summed E-state index contributed by atoms with van der Waals surface area (Å²) in [6, 6.07) is 1.41. The van der Waals surface area contributed by atoms with Crippen molar-refractivity contribution in [1.29, 1.82) is 0 Å². The Labute approximate surface area is 55.5 Å². The third-order valence-corrected chi connectivity index (χ3v) is 2.72. The van der Waals surface area contributed by atoms with E-state index < -0.39 is 0 Å². The standard InChI is InChI=1S/C7H16Si/c1-5-6-8-7(2,3)4/h5-6H2,1-4H3. The summed E-state index contributed by atoms with van der Waals surface area (Å²) in [6.07, 6.45) is 1.34. The van der Waals surface area contributed by atoms with Gasteiger partial charge in [-0.15, -0.1) is 0 Å². The van der Waals surface area contributed by atoms with E-state index in [0.717, 1.165) is 9.52 Å². The van der Waals surface area contributed by atoms with Crippen LogP contribution in [-0.2, 0) is 0 Å². The molecule has 0 nitrogen and oxygen atoms in total. The zero-order chi connectivity index (χ0) is 6.62. The summed E-state index contributed by atoms with van der Waals surface area (Å²) in [4.78, 5) is 0. The van der Waals surface area contributed by atoms with Gasteiger partial charge >= 0.3 is 0 Å². The van der Waals surface area contributed by atoms with Crippen LogP contribution < -0.4 is 0 Å². The molecule has 48 valence electrons. The second kappa shape index (κ2) is 3.28. The topological polar surface area (TPSA) is 0 Å². The molecule has 0 saturated carbocycles. The minimum absolute atomic E-state index is 0.579. The van der Waals surface area contributed by atoms with Crippen molar-refractivity contribution in [2.45, 2.75) is 45.2 Å². The molecule has 0 aromatic carbocycles. The maximum Gasteiger partial charge on any atom is 0.0444 e. The molecule has 0 aromatic heterocycles. The van der Waals surface area contributed by atoms with E-state index in [1.165, 1.54) is 12.5 Å². The lowest BCUT2D eigenvalue weighted by atomic mass is 10.2. The van der Waals surface area contributed by atoms with Crippen LogP contribution in [0.4, 0.5) is 0 Å². The van der Waals surface area contributed by atoms with Crippen molar-refractivity contribution >= 4 is 9.52 Å². The monoisotopic (exact) mass is 128 g/mol. The lowest BCUT2D eigenvalue weighted by Gasteiger charge is -2.15. The zero-order valence-corrected chi connectivity index (χ0v) is 7.41. The fraction of sp³-hybridized carbons (Fsp3) is 1.00. The first-order valence-corrected chi connectivity index (χ1v) is 4.52. The predicted molar refractivity (Wildman–Crippen MR) is 40.6 cm³/mol. The van der Waals surface area contributed by atoms with E-state index in [1.807, 2.05) is 0 Å². The summed E-state index contributed by atoms with van der Waals surface area (Å²) in [5.41, 5.74) is 0. The normalized spacial score (nSPS) is 12.0. The molecule has 0 unspecified atom stereocenters. The van der Waals surface area contributed by atoms with Gasteiger partial charge in [0.2, 0.25) is 0 Å². The first-order chi connectivity index (χ1) is 3.56. The maximum atomic E-state index is 2.31. The van der Waals surface area contributed by atoms with Crippen LogP contribution in [0, 0.1) is 0 Å². The van der Waals surface area contributed by atoms with Crippen LogP contribution >= 0.6 is 0 Å². The highest BCUT2D eigenvalue weighted by Gasteiger charge is 2.08. The lowest BCUT2D eigenvalue weighted by Crippen LogP contribution is -2.06. The molecule has 0 fully saturated rings. The van der Waals surface area contributed by atoms with Crippen molar-refractivity contribution in [1.82, 2.24) is 0 Å². The Hall–Kier alpha value is 0.217. The van der Waals surface area contributed by atoms with Crippen molar-refractivity contribution < 1.29 is 0 Å². The smallest absolute Gasteiger partial charge is 0.0444 e. The highest BCUT2D eigenvalue weighted by atomic mass is 28.2. The van der Waals surface area contributed by atoms with Gasteiger partial charge in [0.05, 0.1) is 0 Å². The first kappa shape index (κ1) is 8.22. The Morgan fingerprint density at radius 1 is 1.25 bits per heavy atom. The number of hydrogen-bond donors (Lipinski definition) is 0. The molecule has 0 atom stereocenters. The molecule has 0 aromatic rings. The second-order valence-electron chi connectivity index (χ2n) is 3.18. The Kier molecular flexibility index (Phi) is 3.37. The molecule has 0 saturated heterocycles. The van der Waals surface area contributed by atoms with Gasteiger partial charge in [0.25, 0.3) is 0 Å². The van der Waals surface area contributed by atoms with Crippen LogP contribution in [0.5, 0.6) is 0 Å². The van der Waals surface area contributed by atoms with Crippen LogP contribution in [0.15, 0.2) is 0 Å². The molecule has 8 heavy (non-hydrogen) atoms. The quantitative estimate of drug-likeness (QED) is 0.502. The molecule has 0 amide bonds. The third kappa shape index (κ3) is 6.22. The van der Waals surface area contributed by atoms with Crippen LogP contribution in [0.3, 0.4) is 0 Å². The number of hydrogen-bond acceptors (Lipinski definition) is 0. The molecule has 0 N–H and O–H groups in total. The zero-order valence-electron chi connectivity index (χ0n) is 6.41. The Balaban J connectivity index is 3.11. The molecule has 0 aliphatic heterocycles. The van der Waals surface area contributed by atoms with Gasteiger partial charge in [-0.25, -0.2) is 0 Å². The molecule has 0 heterocycles. The van der Waals surface area contributed by atoms with Gasteiger partial charge < -0.3 is 0 Å².